The van der Waals surface area contributed by atoms with Crippen LogP contribution in [-0.2, 0) is 0 Å². The van der Waals surface area contributed by atoms with E-state index < -0.39 is 0 Å². The Balaban J connectivity index is 2.10. The van der Waals surface area contributed by atoms with Crippen LogP contribution < -0.4 is 0 Å². The summed E-state index contributed by atoms with van der Waals surface area (Å²) in [4.78, 5) is 0. The fraction of sp³-hybridized carbons (Fsp3) is 0.241. The van der Waals surface area contributed by atoms with Crippen molar-refractivity contribution in [1.82, 2.24) is 0 Å². The molecule has 0 spiro atoms. The van der Waals surface area contributed by atoms with E-state index in [4.69, 9.17) is 0 Å². The van der Waals surface area contributed by atoms with Crippen molar-refractivity contribution in [2.45, 2.75) is 40.5 Å². The molecular weight excluding hydrogens is 348 g/mol. The number of hydrogen-bond donors (Lipinski definition) is 0. The van der Waals surface area contributed by atoms with Gasteiger partial charge in [-0.15, -0.1) is 0 Å². The largest absolute Gasteiger partial charge is 0.0992 e. The molecule has 0 bridgehead atoms. The average Bonchev–Trinajstić information content (AvgIpc) is 2.67. The Morgan fingerprint density at radius 1 is 0.828 bits per heavy atom. The summed E-state index contributed by atoms with van der Waals surface area (Å²) in [6, 6.07) is 28.3. The van der Waals surface area contributed by atoms with E-state index in [-0.39, 0.29) is 11.3 Å². The maximum Gasteiger partial charge on any atom is 0.0296 e. The summed E-state index contributed by atoms with van der Waals surface area (Å²) < 4.78 is 0. The first-order valence-electron chi connectivity index (χ1n) is 10.4. The molecule has 0 unspecified atom stereocenters. The Morgan fingerprint density at radius 2 is 1.45 bits per heavy atom. The molecule has 3 rings (SSSR count). The zero-order valence-corrected chi connectivity index (χ0v) is 18.4. The topological polar surface area (TPSA) is 0 Å². The van der Waals surface area contributed by atoms with E-state index in [2.05, 4.69) is 126 Å². The lowest BCUT2D eigenvalue weighted by Gasteiger charge is -2.26. The first-order chi connectivity index (χ1) is 13.7. The molecule has 0 aliphatic heterocycles. The lowest BCUT2D eigenvalue weighted by molar-refractivity contribution is 0.544. The van der Waals surface area contributed by atoms with Gasteiger partial charge in [0.1, 0.15) is 0 Å². The number of allylic oxidation sites excluding steroid dienone is 3. The van der Waals surface area contributed by atoms with Gasteiger partial charge < -0.3 is 0 Å². The SMILES string of the molecule is C=C(C)[C@@H](/C(=C/C(C)(C)C)c1ccc(-c2ccccc2)cc1)c1cccc(C)c1. The molecule has 0 fully saturated rings. The van der Waals surface area contributed by atoms with Crippen LogP contribution in [0.5, 0.6) is 0 Å². The molecule has 0 saturated carbocycles. The Morgan fingerprint density at radius 3 is 2.00 bits per heavy atom. The van der Waals surface area contributed by atoms with Crippen molar-refractivity contribution >= 4 is 5.57 Å². The summed E-state index contributed by atoms with van der Waals surface area (Å²) in [7, 11) is 0. The first kappa shape index (κ1) is 20.9. The minimum absolute atomic E-state index is 0.0744. The number of hydrogen-bond acceptors (Lipinski definition) is 0. The summed E-state index contributed by atoms with van der Waals surface area (Å²) in [6.07, 6.45) is 2.41. The van der Waals surface area contributed by atoms with Crippen LogP contribution in [-0.4, -0.2) is 0 Å². The lowest BCUT2D eigenvalue weighted by Crippen LogP contribution is -2.09. The molecule has 0 heterocycles. The molecule has 3 aromatic carbocycles. The summed E-state index contributed by atoms with van der Waals surface area (Å²) >= 11 is 0. The second-order valence-corrected chi connectivity index (χ2v) is 9.10. The highest BCUT2D eigenvalue weighted by molar-refractivity contribution is 5.77. The van der Waals surface area contributed by atoms with Gasteiger partial charge in [0.15, 0.2) is 0 Å². The Hall–Kier alpha value is -2.86. The first-order valence-corrected chi connectivity index (χ1v) is 10.4. The number of rotatable bonds is 5. The molecule has 0 nitrogen and oxygen atoms in total. The quantitative estimate of drug-likeness (QED) is 0.389. The van der Waals surface area contributed by atoms with Crippen LogP contribution in [0.25, 0.3) is 16.7 Å². The Kier molecular flexibility index (Phi) is 6.23. The molecule has 1 atom stereocenters. The highest BCUT2D eigenvalue weighted by Crippen LogP contribution is 2.40. The maximum atomic E-state index is 4.36. The van der Waals surface area contributed by atoms with E-state index in [1.54, 1.807) is 0 Å². The zero-order chi connectivity index (χ0) is 21.0. The minimum atomic E-state index is 0.0744. The molecule has 0 saturated heterocycles. The molecule has 0 radical (unpaired) electrons. The van der Waals surface area contributed by atoms with Crippen molar-refractivity contribution in [2.75, 3.05) is 0 Å². The van der Waals surface area contributed by atoms with Crippen LogP contribution >= 0.6 is 0 Å². The van der Waals surface area contributed by atoms with Crippen molar-refractivity contribution in [1.29, 1.82) is 0 Å². The highest BCUT2D eigenvalue weighted by Gasteiger charge is 2.22. The minimum Gasteiger partial charge on any atom is -0.0992 e. The molecule has 0 heteroatoms. The highest BCUT2D eigenvalue weighted by atomic mass is 14.3. The monoisotopic (exact) mass is 380 g/mol. The number of aryl methyl sites for hydroxylation is 1. The predicted molar refractivity (Wildman–Crippen MR) is 128 cm³/mol. The van der Waals surface area contributed by atoms with Gasteiger partial charge in [0.2, 0.25) is 0 Å². The number of benzene rings is 3. The maximum absolute atomic E-state index is 4.36. The fourth-order valence-electron chi connectivity index (χ4n) is 3.86. The third-order valence-electron chi connectivity index (χ3n) is 5.09. The second-order valence-electron chi connectivity index (χ2n) is 9.10. The van der Waals surface area contributed by atoms with Gasteiger partial charge in [-0.25, -0.2) is 0 Å². The van der Waals surface area contributed by atoms with E-state index in [9.17, 15) is 0 Å². The molecule has 0 aliphatic carbocycles. The second kappa shape index (κ2) is 8.66. The average molecular weight is 381 g/mol. The fourth-order valence-corrected chi connectivity index (χ4v) is 3.86. The van der Waals surface area contributed by atoms with E-state index in [1.807, 2.05) is 0 Å². The van der Waals surface area contributed by atoms with Gasteiger partial charge in [-0.05, 0) is 47.1 Å². The molecule has 148 valence electrons. The third kappa shape index (κ3) is 5.35. The van der Waals surface area contributed by atoms with E-state index >= 15 is 0 Å². The smallest absolute Gasteiger partial charge is 0.0296 e. The Labute approximate surface area is 176 Å². The van der Waals surface area contributed by atoms with Gasteiger partial charge in [-0.3, -0.25) is 0 Å². The van der Waals surface area contributed by atoms with Gasteiger partial charge >= 0.3 is 0 Å². The van der Waals surface area contributed by atoms with Gasteiger partial charge in [0, 0.05) is 5.92 Å². The van der Waals surface area contributed by atoms with Crippen LogP contribution in [0.1, 0.15) is 50.3 Å². The lowest BCUT2D eigenvalue weighted by atomic mass is 9.78. The summed E-state index contributed by atoms with van der Waals surface area (Å²) in [5.74, 6) is 0.178. The van der Waals surface area contributed by atoms with E-state index in [1.165, 1.54) is 39.0 Å². The van der Waals surface area contributed by atoms with Crippen LogP contribution in [0.4, 0.5) is 0 Å². The zero-order valence-electron chi connectivity index (χ0n) is 18.4. The van der Waals surface area contributed by atoms with E-state index in [0.29, 0.717) is 0 Å². The summed E-state index contributed by atoms with van der Waals surface area (Å²) in [5, 5.41) is 0. The van der Waals surface area contributed by atoms with Crippen LogP contribution in [0.3, 0.4) is 0 Å². The van der Waals surface area contributed by atoms with E-state index in [0.717, 1.165) is 0 Å². The molecule has 0 N–H and O–H groups in total. The standard InChI is InChI=1S/C29H32/c1-21(2)28(26-14-10-11-22(3)19-26)27(20-29(4,5)6)25-17-15-24(16-18-25)23-12-8-7-9-13-23/h7-20,28H,1H2,2-6H3/b27-20+/t28-/m1/s1. The molecule has 3 aromatic rings. The van der Waals surface area contributed by atoms with Crippen LogP contribution in [0.2, 0.25) is 0 Å². The van der Waals surface area contributed by atoms with Crippen molar-refractivity contribution in [3.8, 4) is 11.1 Å². The van der Waals surface area contributed by atoms with Crippen molar-refractivity contribution in [3.63, 3.8) is 0 Å². The van der Waals surface area contributed by atoms with Gasteiger partial charge in [-0.2, -0.15) is 0 Å². The third-order valence-corrected chi connectivity index (χ3v) is 5.09. The molecule has 0 amide bonds. The van der Waals surface area contributed by atoms with Crippen molar-refractivity contribution < 1.29 is 0 Å². The predicted octanol–water partition coefficient (Wildman–Crippen LogP) is 8.45. The normalized spacial score (nSPS) is 13.2. The molecule has 29 heavy (non-hydrogen) atoms. The van der Waals surface area contributed by atoms with Gasteiger partial charge in [0.05, 0.1) is 0 Å². The van der Waals surface area contributed by atoms with Crippen molar-refractivity contribution in [2.24, 2.45) is 5.41 Å². The van der Waals surface area contributed by atoms with Gasteiger partial charge in [-0.1, -0.05) is 123 Å². The Bertz CT molecular complexity index is 996. The molecule has 0 aliphatic rings. The van der Waals surface area contributed by atoms with Crippen LogP contribution in [0, 0.1) is 12.3 Å². The molecular formula is C29H32. The molecule has 0 aromatic heterocycles. The van der Waals surface area contributed by atoms with Crippen LogP contribution in [0.15, 0.2) is 97.1 Å². The van der Waals surface area contributed by atoms with Crippen molar-refractivity contribution in [3.05, 3.63) is 114 Å². The summed E-state index contributed by atoms with van der Waals surface area (Å²) in [5.41, 5.74) is 8.90. The summed E-state index contributed by atoms with van der Waals surface area (Å²) in [6.45, 7) is 15.4. The van der Waals surface area contributed by atoms with Gasteiger partial charge in [0.25, 0.3) is 0 Å².